The van der Waals surface area contributed by atoms with Crippen LogP contribution < -0.4 is 4.90 Å². The van der Waals surface area contributed by atoms with E-state index in [4.69, 9.17) is 0 Å². The summed E-state index contributed by atoms with van der Waals surface area (Å²) >= 11 is 0. The van der Waals surface area contributed by atoms with E-state index in [2.05, 4.69) is 9.47 Å². The summed E-state index contributed by atoms with van der Waals surface area (Å²) in [6.45, 7) is 0. The van der Waals surface area contributed by atoms with E-state index < -0.39 is 41.0 Å². The van der Waals surface area contributed by atoms with Gasteiger partial charge in [0.25, 0.3) is 0 Å². The lowest BCUT2D eigenvalue weighted by Crippen LogP contribution is -2.44. The van der Waals surface area contributed by atoms with Crippen LogP contribution in [0.3, 0.4) is 0 Å². The number of hydrogen-bond donors (Lipinski definition) is 0. The Kier molecular flexibility index (Phi) is 3.01. The van der Waals surface area contributed by atoms with Gasteiger partial charge in [0.15, 0.2) is 5.41 Å². The molecular weight excluding hydrogens is 290 g/mol. The number of esters is 2. The van der Waals surface area contributed by atoms with Crippen LogP contribution in [-0.2, 0) is 28.7 Å². The fourth-order valence-electron chi connectivity index (χ4n) is 3.21. The van der Waals surface area contributed by atoms with Crippen LogP contribution in [0.4, 0.5) is 5.69 Å². The predicted octanol–water partition coefficient (Wildman–Crippen LogP) is 0.138. The van der Waals surface area contributed by atoms with Crippen LogP contribution in [-0.4, -0.2) is 38.0 Å². The molecule has 1 aromatic rings. The molecule has 114 valence electrons. The van der Waals surface area contributed by atoms with Gasteiger partial charge >= 0.3 is 11.9 Å². The first-order valence-corrected chi connectivity index (χ1v) is 6.61. The second-order valence-electron chi connectivity index (χ2n) is 5.15. The Morgan fingerprint density at radius 1 is 0.955 bits per heavy atom. The molecule has 0 N–H and O–H groups in total. The number of methoxy groups -OCH3 is 2. The van der Waals surface area contributed by atoms with Crippen molar-refractivity contribution in [3.05, 3.63) is 30.3 Å². The number of ether oxygens (including phenoxy) is 2. The highest BCUT2D eigenvalue weighted by Crippen LogP contribution is 2.65. The summed E-state index contributed by atoms with van der Waals surface area (Å²) in [6, 6.07) is 8.35. The summed E-state index contributed by atoms with van der Waals surface area (Å²) in [6.07, 6.45) is 0. The van der Waals surface area contributed by atoms with Gasteiger partial charge in [-0.05, 0) is 12.1 Å². The summed E-state index contributed by atoms with van der Waals surface area (Å²) in [5, 5.41) is 0. The zero-order chi connectivity index (χ0) is 16.1. The molecule has 0 spiro atoms. The number of para-hydroxylation sites is 1. The molecule has 7 heteroatoms. The third kappa shape index (κ3) is 1.50. The first-order chi connectivity index (χ1) is 10.5. The fourth-order valence-corrected chi connectivity index (χ4v) is 3.21. The van der Waals surface area contributed by atoms with Crippen molar-refractivity contribution in [2.45, 2.75) is 0 Å². The number of carbonyl (C=O) groups excluding carboxylic acids is 4. The van der Waals surface area contributed by atoms with Gasteiger partial charge in [-0.25, -0.2) is 4.90 Å². The SMILES string of the molecule is COC(=O)C1(C(=O)OC)C2C(=O)N(c3ccccc3)C(=O)C21. The minimum atomic E-state index is -1.83. The van der Waals surface area contributed by atoms with Crippen LogP contribution >= 0.6 is 0 Å². The van der Waals surface area contributed by atoms with Crippen molar-refractivity contribution >= 4 is 29.4 Å². The molecule has 2 aliphatic rings. The van der Waals surface area contributed by atoms with E-state index in [1.54, 1.807) is 30.3 Å². The van der Waals surface area contributed by atoms with E-state index in [1.807, 2.05) is 0 Å². The molecule has 0 aromatic heterocycles. The topological polar surface area (TPSA) is 90.0 Å². The Balaban J connectivity index is 1.99. The number of fused-ring (bicyclic) bond motifs is 1. The van der Waals surface area contributed by atoms with E-state index in [0.29, 0.717) is 5.69 Å². The van der Waals surface area contributed by atoms with Crippen molar-refractivity contribution in [2.75, 3.05) is 19.1 Å². The lowest BCUT2D eigenvalue weighted by molar-refractivity contribution is -0.165. The number of nitrogens with zero attached hydrogens (tertiary/aromatic N) is 1. The van der Waals surface area contributed by atoms with E-state index in [1.165, 1.54) is 0 Å². The van der Waals surface area contributed by atoms with Gasteiger partial charge in [0.05, 0.1) is 31.7 Å². The van der Waals surface area contributed by atoms with Crippen molar-refractivity contribution in [1.82, 2.24) is 0 Å². The number of amides is 2. The third-order valence-corrected chi connectivity index (χ3v) is 4.24. The van der Waals surface area contributed by atoms with Crippen LogP contribution in [0.1, 0.15) is 0 Å². The third-order valence-electron chi connectivity index (χ3n) is 4.24. The molecule has 1 heterocycles. The van der Waals surface area contributed by atoms with Crippen LogP contribution in [0.5, 0.6) is 0 Å². The van der Waals surface area contributed by atoms with Crippen molar-refractivity contribution in [1.29, 1.82) is 0 Å². The normalized spacial score (nSPS) is 24.7. The first-order valence-electron chi connectivity index (χ1n) is 6.61. The van der Waals surface area contributed by atoms with Gasteiger partial charge in [0.1, 0.15) is 0 Å². The highest BCUT2D eigenvalue weighted by atomic mass is 16.5. The minimum absolute atomic E-state index is 0.410. The number of hydrogen-bond acceptors (Lipinski definition) is 6. The number of carbonyl (C=O) groups is 4. The molecule has 22 heavy (non-hydrogen) atoms. The zero-order valence-corrected chi connectivity index (χ0v) is 11.9. The van der Waals surface area contributed by atoms with Crippen LogP contribution in [0.2, 0.25) is 0 Å². The van der Waals surface area contributed by atoms with E-state index in [9.17, 15) is 19.2 Å². The highest BCUT2D eigenvalue weighted by Gasteiger charge is 2.86. The minimum Gasteiger partial charge on any atom is -0.468 e. The monoisotopic (exact) mass is 303 g/mol. The number of rotatable bonds is 3. The van der Waals surface area contributed by atoms with Crippen LogP contribution in [0.25, 0.3) is 0 Å². The molecule has 1 saturated heterocycles. The second kappa shape index (κ2) is 4.66. The van der Waals surface area contributed by atoms with E-state index >= 15 is 0 Å². The van der Waals surface area contributed by atoms with Crippen molar-refractivity contribution in [2.24, 2.45) is 17.3 Å². The maximum atomic E-state index is 12.5. The summed E-state index contributed by atoms with van der Waals surface area (Å²) in [4.78, 5) is 50.0. The second-order valence-corrected chi connectivity index (χ2v) is 5.15. The molecule has 2 amide bonds. The van der Waals surface area contributed by atoms with Gasteiger partial charge in [-0.2, -0.15) is 0 Å². The Hall–Kier alpha value is -2.70. The van der Waals surface area contributed by atoms with Gasteiger partial charge in [0, 0.05) is 0 Å². The molecule has 2 unspecified atom stereocenters. The van der Waals surface area contributed by atoms with E-state index in [-0.39, 0.29) is 0 Å². The summed E-state index contributed by atoms with van der Waals surface area (Å²) in [7, 11) is 2.20. The van der Waals surface area contributed by atoms with Gasteiger partial charge in [-0.15, -0.1) is 0 Å². The number of anilines is 1. The Bertz CT molecular complexity index is 643. The van der Waals surface area contributed by atoms with Crippen LogP contribution in [0.15, 0.2) is 30.3 Å². The maximum absolute atomic E-state index is 12.5. The summed E-state index contributed by atoms with van der Waals surface area (Å²) < 4.78 is 9.22. The van der Waals surface area contributed by atoms with Crippen molar-refractivity contribution in [3.63, 3.8) is 0 Å². The number of imide groups is 1. The fraction of sp³-hybridized carbons (Fsp3) is 0.333. The molecule has 2 atom stereocenters. The quantitative estimate of drug-likeness (QED) is 0.448. The predicted molar refractivity (Wildman–Crippen MR) is 72.4 cm³/mol. The zero-order valence-electron chi connectivity index (χ0n) is 11.9. The lowest BCUT2D eigenvalue weighted by atomic mass is 9.99. The largest absolute Gasteiger partial charge is 0.468 e. The van der Waals surface area contributed by atoms with Gasteiger partial charge in [-0.1, -0.05) is 18.2 Å². The number of benzene rings is 1. The van der Waals surface area contributed by atoms with E-state index in [0.717, 1.165) is 19.1 Å². The molecule has 1 saturated carbocycles. The van der Waals surface area contributed by atoms with Crippen molar-refractivity contribution in [3.8, 4) is 0 Å². The molecule has 3 rings (SSSR count). The lowest BCUT2D eigenvalue weighted by Gasteiger charge is -2.22. The Morgan fingerprint density at radius 3 is 1.82 bits per heavy atom. The molecule has 0 radical (unpaired) electrons. The Labute approximate surface area is 125 Å². The standard InChI is InChI=1S/C15H13NO6/c1-21-13(19)15(14(20)22-2)9-10(15)12(18)16(11(9)17)8-6-4-3-5-7-8/h3-7,9-10H,1-2H3. The average molecular weight is 303 g/mol. The molecule has 0 bridgehead atoms. The maximum Gasteiger partial charge on any atom is 0.324 e. The molecule has 7 nitrogen and oxygen atoms in total. The summed E-state index contributed by atoms with van der Waals surface area (Å²) in [5.74, 6) is -5.11. The smallest absolute Gasteiger partial charge is 0.324 e. The Morgan fingerprint density at radius 2 is 1.41 bits per heavy atom. The molecule has 1 aliphatic carbocycles. The first kappa shape index (κ1) is 14.2. The molecule has 2 fully saturated rings. The highest BCUT2D eigenvalue weighted by molar-refractivity contribution is 6.32. The van der Waals surface area contributed by atoms with Gasteiger partial charge in [0.2, 0.25) is 11.8 Å². The molecular formula is C15H13NO6. The van der Waals surface area contributed by atoms with Crippen LogP contribution in [0, 0.1) is 17.3 Å². The van der Waals surface area contributed by atoms with Gasteiger partial charge < -0.3 is 9.47 Å². The van der Waals surface area contributed by atoms with Gasteiger partial charge in [-0.3, -0.25) is 19.2 Å². The average Bonchev–Trinajstić information content (AvgIpc) is 3.18. The molecule has 1 aliphatic heterocycles. The summed E-state index contributed by atoms with van der Waals surface area (Å²) in [5.41, 5.74) is -1.42. The molecule has 1 aromatic carbocycles. The number of piperidine rings is 1. The van der Waals surface area contributed by atoms with Crippen molar-refractivity contribution < 1.29 is 28.7 Å².